The van der Waals surface area contributed by atoms with Crippen molar-refractivity contribution in [1.82, 2.24) is 19.9 Å². The van der Waals surface area contributed by atoms with Crippen molar-refractivity contribution in [2.75, 3.05) is 0 Å². The van der Waals surface area contributed by atoms with Gasteiger partial charge in [-0.25, -0.2) is 89.0 Å². The molecule has 0 amide bonds. The molecule has 0 radical (unpaired) electrons. The third-order valence-electron chi connectivity index (χ3n) is 7.99. The first-order chi connectivity index (χ1) is 25.3. The quantitative estimate of drug-likeness (QED) is 0.106. The van der Waals surface area contributed by atoms with Crippen LogP contribution in [0.25, 0.3) is 67.6 Å². The highest BCUT2D eigenvalue weighted by molar-refractivity contribution is 5.99. The number of aromatic nitrogens is 4. The Morgan fingerprint density at radius 3 is 0.926 bits per heavy atom. The van der Waals surface area contributed by atoms with E-state index in [-0.39, 0.29) is 12.1 Å². The Labute approximate surface area is 283 Å². The number of hydrogen-bond acceptors (Lipinski definition) is 2. The van der Waals surface area contributed by atoms with E-state index in [0.717, 1.165) is 0 Å². The van der Waals surface area contributed by atoms with Crippen LogP contribution in [-0.4, -0.2) is 19.9 Å². The van der Waals surface area contributed by atoms with Gasteiger partial charge in [0, 0.05) is 11.1 Å². The zero-order chi connectivity index (χ0) is 39.6. The topological polar surface area (TPSA) is 57.4 Å². The monoisotopic (exact) mass is 786 g/mol. The highest BCUT2D eigenvalue weighted by Gasteiger charge is 2.37. The number of benzene rings is 2. The Morgan fingerprint density at radius 2 is 0.593 bits per heavy atom. The fourth-order valence-electron chi connectivity index (χ4n) is 5.53. The summed E-state index contributed by atoms with van der Waals surface area (Å²) in [6.45, 7) is 0. The molecule has 2 aliphatic rings. The molecule has 54 heavy (non-hydrogen) atoms. The predicted molar refractivity (Wildman–Crippen MR) is 149 cm³/mol. The number of rotatable bonds is 2. The summed E-state index contributed by atoms with van der Waals surface area (Å²) in [7, 11) is 0. The van der Waals surface area contributed by atoms with Gasteiger partial charge in [-0.15, -0.1) is 0 Å². The Morgan fingerprint density at radius 1 is 0.296 bits per heavy atom. The molecule has 0 spiro atoms. The van der Waals surface area contributed by atoms with Crippen molar-refractivity contribution in [3.05, 3.63) is 116 Å². The first-order valence-corrected chi connectivity index (χ1v) is 14.0. The van der Waals surface area contributed by atoms with Gasteiger partial charge >= 0.3 is 0 Å². The van der Waals surface area contributed by atoms with Crippen molar-refractivity contribution in [1.29, 1.82) is 0 Å². The number of aromatic amines is 2. The van der Waals surface area contributed by atoms with Crippen LogP contribution in [0.5, 0.6) is 0 Å². The summed E-state index contributed by atoms with van der Waals surface area (Å²) in [5.41, 5.74) is -22.3. The van der Waals surface area contributed by atoms with Gasteiger partial charge in [0.2, 0.25) is 11.6 Å². The molecule has 2 aromatic carbocycles. The second-order valence-electron chi connectivity index (χ2n) is 11.0. The van der Waals surface area contributed by atoms with Gasteiger partial charge in [0.1, 0.15) is 22.8 Å². The van der Waals surface area contributed by atoms with Crippen LogP contribution in [0.15, 0.2) is 12.1 Å². The molecule has 5 aromatic rings. The van der Waals surface area contributed by atoms with Gasteiger partial charge in [0.15, 0.2) is 93.1 Å². The number of halogens is 18. The van der Waals surface area contributed by atoms with Gasteiger partial charge in [-0.1, -0.05) is 0 Å². The Kier molecular flexibility index (Phi) is 8.14. The van der Waals surface area contributed by atoms with Crippen molar-refractivity contribution in [3.63, 3.8) is 0 Å². The third-order valence-corrected chi connectivity index (χ3v) is 7.99. The van der Waals surface area contributed by atoms with E-state index in [1.165, 1.54) is 0 Å². The van der Waals surface area contributed by atoms with Gasteiger partial charge in [0.05, 0.1) is 33.2 Å². The number of hydrogen-bond donors (Lipinski definition) is 2. The van der Waals surface area contributed by atoms with E-state index in [1.54, 1.807) is 9.97 Å². The maximum Gasteiger partial charge on any atom is 0.200 e. The summed E-state index contributed by atoms with van der Waals surface area (Å²) in [6, 6.07) is -0.151. The molecule has 0 atom stereocenters. The summed E-state index contributed by atoms with van der Waals surface area (Å²) >= 11 is 0. The van der Waals surface area contributed by atoms with Crippen molar-refractivity contribution in [2.24, 2.45) is 0 Å². The third kappa shape index (κ3) is 4.84. The van der Waals surface area contributed by atoms with Crippen LogP contribution in [0.2, 0.25) is 0 Å². The molecule has 22 heteroatoms. The Balaban J connectivity index is 1.79. The van der Waals surface area contributed by atoms with E-state index in [1.807, 2.05) is 0 Å². The molecule has 5 heterocycles. The smallest absolute Gasteiger partial charge is 0.200 e. The van der Waals surface area contributed by atoms with E-state index in [9.17, 15) is 26.3 Å². The van der Waals surface area contributed by atoms with Gasteiger partial charge in [0.25, 0.3) is 0 Å². The van der Waals surface area contributed by atoms with E-state index in [4.69, 9.17) is 0 Å². The number of nitrogens with zero attached hydrogens (tertiary/aromatic N) is 2. The molecular weight excluding hydrogens is 782 g/mol. The van der Waals surface area contributed by atoms with E-state index in [0.29, 0.717) is 0 Å². The highest BCUT2D eigenvalue weighted by atomic mass is 19.2. The number of H-pyrrole nitrogens is 2. The lowest BCUT2D eigenvalue weighted by Gasteiger charge is -2.11. The zero-order valence-corrected chi connectivity index (χ0v) is 24.9. The Hall–Kier alpha value is -6.22. The first kappa shape index (κ1) is 36.2. The molecule has 278 valence electrons. The average Bonchev–Trinajstić information content (AvgIpc) is 3.79. The lowest BCUT2D eigenvalue weighted by Crippen LogP contribution is -2.06. The van der Waals surface area contributed by atoms with E-state index in [2.05, 4.69) is 9.97 Å². The second-order valence-corrected chi connectivity index (χ2v) is 11.0. The standard InChI is InChI=1S/C32H4F18N4/c33-11-3-1-4-12(34)26(48)30(52-4)10(8-17(39)21(43)24(46)22(44)18(8)40)32-28(50)14(36)6(54-32)2-5-13(35)27(49)31(53-5)9(29(51-3)25(11)47)7-15(37)19(41)23(45)20(42)16(7)38/h1-2,51,53H. The van der Waals surface area contributed by atoms with Crippen LogP contribution in [0.4, 0.5) is 79.0 Å². The minimum absolute atomic E-state index is 0.0757. The molecule has 0 fully saturated rings. The second kappa shape index (κ2) is 12.2. The highest BCUT2D eigenvalue weighted by Crippen LogP contribution is 2.46. The van der Waals surface area contributed by atoms with Gasteiger partial charge in [-0.05, 0) is 12.1 Å². The minimum Gasteiger partial charge on any atom is -0.350 e. The summed E-state index contributed by atoms with van der Waals surface area (Å²) in [5, 5.41) is 0. The van der Waals surface area contributed by atoms with Crippen LogP contribution in [0.1, 0.15) is 22.8 Å². The fraction of sp³-hybridized carbons (Fsp3) is 0. The van der Waals surface area contributed by atoms with Gasteiger partial charge in [-0.2, -0.15) is 0 Å². The molecule has 2 N–H and O–H groups in total. The zero-order valence-electron chi connectivity index (χ0n) is 24.9. The van der Waals surface area contributed by atoms with Crippen molar-refractivity contribution in [2.45, 2.75) is 0 Å². The normalized spacial score (nSPS) is 13.2. The summed E-state index contributed by atoms with van der Waals surface area (Å²) in [5.74, 6) is -47.2. The summed E-state index contributed by atoms with van der Waals surface area (Å²) in [6.07, 6.45) is 0. The van der Waals surface area contributed by atoms with Crippen LogP contribution in [0, 0.1) is 81.4 Å². The molecule has 0 aliphatic carbocycles. The molecule has 2 aliphatic heterocycles. The van der Waals surface area contributed by atoms with Crippen LogP contribution in [0.3, 0.4) is 0 Å². The van der Waals surface area contributed by atoms with Crippen molar-refractivity contribution >= 4 is 45.4 Å². The Bertz CT molecular complexity index is 2640. The lowest BCUT2D eigenvalue weighted by atomic mass is 9.99. The predicted octanol–water partition coefficient (Wildman–Crippen LogP) is 11.1. The number of nitrogens with one attached hydrogen (secondary N) is 2. The minimum atomic E-state index is -2.85. The molecule has 0 saturated carbocycles. The van der Waals surface area contributed by atoms with Crippen molar-refractivity contribution in [3.8, 4) is 22.3 Å². The average molecular weight is 786 g/mol. The van der Waals surface area contributed by atoms with Crippen molar-refractivity contribution < 1.29 is 79.0 Å². The van der Waals surface area contributed by atoms with E-state index >= 15 is 52.7 Å². The largest absolute Gasteiger partial charge is 0.350 e. The summed E-state index contributed by atoms with van der Waals surface area (Å²) < 4.78 is 269. The molecule has 3 aromatic heterocycles. The molecule has 0 unspecified atom stereocenters. The van der Waals surface area contributed by atoms with Crippen LogP contribution in [-0.2, 0) is 0 Å². The molecule has 7 rings (SSSR count). The fourth-order valence-corrected chi connectivity index (χ4v) is 5.53. The molecular formula is C32H4F18N4. The van der Waals surface area contributed by atoms with Gasteiger partial charge < -0.3 is 9.97 Å². The molecule has 4 nitrogen and oxygen atoms in total. The van der Waals surface area contributed by atoms with Gasteiger partial charge in [-0.3, -0.25) is 0 Å². The molecule has 0 saturated heterocycles. The van der Waals surface area contributed by atoms with Crippen LogP contribution >= 0.6 is 0 Å². The SMILES string of the molecule is FC1=C(F)c2nc1cc1[nH]c(c(F)c1F)c(-c1c(F)c(F)c(F)c(F)c1F)c1[nH]c(cc3nc(c2-c2c(F)c(F)c(F)c(F)c2F)C(F)=C3F)c(F)c1F. The van der Waals surface area contributed by atoms with Crippen LogP contribution < -0.4 is 0 Å². The first-order valence-electron chi connectivity index (χ1n) is 14.0. The molecule has 8 bridgehead atoms. The lowest BCUT2D eigenvalue weighted by molar-refractivity contribution is 0.381. The maximum atomic E-state index is 15.5. The summed E-state index contributed by atoms with van der Waals surface area (Å²) in [4.78, 5) is 9.62. The maximum absolute atomic E-state index is 15.5. The van der Waals surface area contributed by atoms with E-state index < -0.39 is 172 Å². The number of fused-ring (bicyclic) bond motifs is 8.